The van der Waals surface area contributed by atoms with Crippen LogP contribution < -0.4 is 42.5 Å². The van der Waals surface area contributed by atoms with Crippen LogP contribution in [0.25, 0.3) is 0 Å². The standard InChI is InChI=1S/C80H104N8/c1-73(2,3)49-25-57-41-58(26-49)82-60-28-51(75(7,8)9)30-62(43-60)84-64-32-53(77(13,14)15)34-66(45-64)86-68-36-55(79(19,20)21)38-70(47-68)88-72-40-56(80(22,23)24)39-71(48-72)87-69-37-54(78(16,17)18)35-67(46-69)85-65-33-52(76(10,11)12)31-63(44-65)83-61-29-50(74(4,5)6)27-59(42-61)81-57/h25-48,81-88H,1-24H3. The van der Waals surface area contributed by atoms with Crippen molar-refractivity contribution in [1.29, 1.82) is 0 Å². The molecule has 16 bridgehead atoms. The summed E-state index contributed by atoms with van der Waals surface area (Å²) in [5, 5.41) is 31.4. The third kappa shape index (κ3) is 16.5. The molecule has 0 saturated carbocycles. The zero-order valence-electron chi connectivity index (χ0n) is 57.9. The number of nitrogens with one attached hydrogen (secondary N) is 8. The van der Waals surface area contributed by atoms with Crippen LogP contribution in [0, 0.1) is 0 Å². The average Bonchev–Trinajstić information content (AvgIpc) is 3.56. The van der Waals surface area contributed by atoms with Crippen LogP contribution in [0.4, 0.5) is 91.0 Å². The Labute approximate surface area is 530 Å². The predicted octanol–water partition coefficient (Wildman–Crippen LogP) is 24.3. The number of hydrogen-bond acceptors (Lipinski definition) is 8. The van der Waals surface area contributed by atoms with E-state index in [9.17, 15) is 0 Å². The molecule has 8 aromatic rings. The summed E-state index contributed by atoms with van der Waals surface area (Å²) in [7, 11) is 0. The minimum atomic E-state index is -0.128. The highest BCUT2D eigenvalue weighted by atomic mass is 15.0. The average molecular weight is 1180 g/mol. The van der Waals surface area contributed by atoms with Gasteiger partial charge in [0.25, 0.3) is 0 Å². The van der Waals surface area contributed by atoms with Crippen LogP contribution in [0.2, 0.25) is 0 Å². The van der Waals surface area contributed by atoms with Crippen LogP contribution in [-0.2, 0) is 43.3 Å². The monoisotopic (exact) mass is 1180 g/mol. The molecular weight excluding hydrogens is 1070 g/mol. The number of rotatable bonds is 0. The molecule has 8 N–H and O–H groups in total. The molecular formula is C80H104N8. The fraction of sp³-hybridized carbons (Fsp3) is 0.400. The lowest BCUT2D eigenvalue weighted by atomic mass is 9.85. The highest BCUT2D eigenvalue weighted by Crippen LogP contribution is 2.42. The quantitative estimate of drug-likeness (QED) is 0.0761. The molecule has 0 spiro atoms. The molecule has 0 aliphatic carbocycles. The second-order valence-corrected chi connectivity index (χ2v) is 33.4. The van der Waals surface area contributed by atoms with Crippen molar-refractivity contribution < 1.29 is 0 Å². The molecule has 8 heteroatoms. The largest absolute Gasteiger partial charge is 0.355 e. The molecule has 0 radical (unpaired) electrons. The van der Waals surface area contributed by atoms with Gasteiger partial charge in [0.2, 0.25) is 0 Å². The lowest BCUT2D eigenvalue weighted by Gasteiger charge is -2.26. The lowest BCUT2D eigenvalue weighted by Crippen LogP contribution is -2.14. The first-order valence-electron chi connectivity index (χ1n) is 31.9. The fourth-order valence-electron chi connectivity index (χ4n) is 11.0. The van der Waals surface area contributed by atoms with E-state index < -0.39 is 0 Å². The molecule has 0 saturated heterocycles. The molecule has 88 heavy (non-hydrogen) atoms. The SMILES string of the molecule is CC(C)(C)c1cc2cc(c1)Nc1cc(cc(C(C)(C)C)c1)Nc1cc(cc(C(C)(C)C)c1)Nc1cc(cc(C(C)(C)C)c1)Nc1cc(cc(C(C)(C)C)c1)Nc1cc(cc(C(C)(C)C)c1)Nc1cc(cc(C(C)(C)C)c1)Nc1cc(cc(C(C)(C)C)c1)N2. The van der Waals surface area contributed by atoms with E-state index in [1.54, 1.807) is 0 Å². The Kier molecular flexibility index (Phi) is 17.1. The number of benzene rings is 8. The fourth-order valence-corrected chi connectivity index (χ4v) is 11.0. The summed E-state index contributed by atoms with van der Waals surface area (Å²) in [4.78, 5) is 0. The van der Waals surface area contributed by atoms with Gasteiger partial charge in [0.05, 0.1) is 0 Å². The van der Waals surface area contributed by atoms with E-state index in [0.29, 0.717) is 0 Å². The van der Waals surface area contributed by atoms with Crippen LogP contribution in [0.3, 0.4) is 0 Å². The summed E-state index contributed by atoms with van der Waals surface area (Å²) in [5.41, 5.74) is 24.9. The molecule has 464 valence electrons. The Morgan fingerprint density at radius 3 is 0.250 bits per heavy atom. The van der Waals surface area contributed by atoms with Crippen molar-refractivity contribution in [1.82, 2.24) is 0 Å². The molecule has 1 aliphatic heterocycles. The van der Waals surface area contributed by atoms with Crippen molar-refractivity contribution in [2.45, 2.75) is 209 Å². The van der Waals surface area contributed by atoms with Gasteiger partial charge in [-0.05, 0) is 233 Å². The number of hydrogen-bond donors (Lipinski definition) is 8. The second kappa shape index (κ2) is 23.3. The van der Waals surface area contributed by atoms with Gasteiger partial charge in [0.1, 0.15) is 0 Å². The number of anilines is 16. The highest BCUT2D eigenvalue weighted by Gasteiger charge is 2.25. The Hall–Kier alpha value is -7.84. The summed E-state index contributed by atoms with van der Waals surface area (Å²) in [6, 6.07) is 54.8. The molecule has 0 atom stereocenters. The Morgan fingerprint density at radius 1 is 0.125 bits per heavy atom. The van der Waals surface area contributed by atoms with Crippen molar-refractivity contribution >= 4 is 91.0 Å². The topological polar surface area (TPSA) is 96.2 Å². The van der Waals surface area contributed by atoms with E-state index in [1.165, 1.54) is 44.5 Å². The molecule has 8 nitrogen and oxygen atoms in total. The second-order valence-electron chi connectivity index (χ2n) is 33.4. The molecule has 0 unspecified atom stereocenters. The van der Waals surface area contributed by atoms with Crippen LogP contribution in [0.15, 0.2) is 146 Å². The molecule has 0 aromatic heterocycles. The van der Waals surface area contributed by atoms with E-state index in [2.05, 4.69) is 354 Å². The van der Waals surface area contributed by atoms with E-state index >= 15 is 0 Å². The van der Waals surface area contributed by atoms with Crippen LogP contribution in [-0.4, -0.2) is 0 Å². The molecule has 1 aliphatic rings. The third-order valence-corrected chi connectivity index (χ3v) is 16.7. The van der Waals surface area contributed by atoms with Crippen molar-refractivity contribution in [2.75, 3.05) is 42.5 Å². The molecule has 9 rings (SSSR count). The Bertz CT molecular complexity index is 2950. The van der Waals surface area contributed by atoms with Gasteiger partial charge >= 0.3 is 0 Å². The van der Waals surface area contributed by atoms with Gasteiger partial charge in [-0.15, -0.1) is 0 Å². The third-order valence-electron chi connectivity index (χ3n) is 16.7. The maximum atomic E-state index is 3.93. The van der Waals surface area contributed by atoms with Gasteiger partial charge in [-0.1, -0.05) is 166 Å². The predicted molar refractivity (Wildman–Crippen MR) is 387 cm³/mol. The summed E-state index contributed by atoms with van der Waals surface area (Å²) < 4.78 is 0. The first-order valence-corrected chi connectivity index (χ1v) is 31.9. The molecule has 0 amide bonds. The lowest BCUT2D eigenvalue weighted by molar-refractivity contribution is 0.590. The summed E-state index contributed by atoms with van der Waals surface area (Å²) >= 11 is 0. The highest BCUT2D eigenvalue weighted by molar-refractivity contribution is 5.81. The van der Waals surface area contributed by atoms with Crippen molar-refractivity contribution in [3.05, 3.63) is 190 Å². The van der Waals surface area contributed by atoms with Crippen LogP contribution >= 0.6 is 0 Å². The van der Waals surface area contributed by atoms with Gasteiger partial charge in [-0.3, -0.25) is 0 Å². The van der Waals surface area contributed by atoms with E-state index in [1.807, 2.05) is 0 Å². The van der Waals surface area contributed by atoms with E-state index in [0.717, 1.165) is 91.0 Å². The molecule has 0 fully saturated rings. The summed E-state index contributed by atoms with van der Waals surface area (Å²) in [5.74, 6) is 0. The van der Waals surface area contributed by atoms with Gasteiger partial charge in [0, 0.05) is 91.0 Å². The smallest absolute Gasteiger partial charge is 0.0408 e. The van der Waals surface area contributed by atoms with Crippen molar-refractivity contribution in [3.63, 3.8) is 0 Å². The maximum absolute atomic E-state index is 3.93. The Balaban J connectivity index is 1.25. The minimum absolute atomic E-state index is 0.128. The van der Waals surface area contributed by atoms with Gasteiger partial charge in [-0.25, -0.2) is 0 Å². The van der Waals surface area contributed by atoms with Gasteiger partial charge < -0.3 is 42.5 Å². The maximum Gasteiger partial charge on any atom is 0.0408 e. The normalized spacial score (nSPS) is 13.7. The first kappa shape index (κ1) is 64.6. The van der Waals surface area contributed by atoms with Crippen molar-refractivity contribution in [3.8, 4) is 0 Å². The Morgan fingerprint density at radius 2 is 0.193 bits per heavy atom. The van der Waals surface area contributed by atoms with Gasteiger partial charge in [-0.2, -0.15) is 0 Å². The molecule has 1 heterocycles. The number of fused-ring (bicyclic) bond motifs is 16. The van der Waals surface area contributed by atoms with Crippen LogP contribution in [0.1, 0.15) is 211 Å². The minimum Gasteiger partial charge on any atom is -0.355 e. The van der Waals surface area contributed by atoms with Crippen LogP contribution in [0.5, 0.6) is 0 Å². The van der Waals surface area contributed by atoms with Gasteiger partial charge in [0.15, 0.2) is 0 Å². The summed E-state index contributed by atoms with van der Waals surface area (Å²) in [6.45, 7) is 54.9. The summed E-state index contributed by atoms with van der Waals surface area (Å²) in [6.07, 6.45) is 0. The molecule has 8 aromatic carbocycles. The van der Waals surface area contributed by atoms with E-state index in [-0.39, 0.29) is 43.3 Å². The van der Waals surface area contributed by atoms with Crippen molar-refractivity contribution in [2.24, 2.45) is 0 Å². The first-order chi connectivity index (χ1) is 40.4. The zero-order chi connectivity index (χ0) is 64.5. The zero-order valence-corrected chi connectivity index (χ0v) is 57.9. The van der Waals surface area contributed by atoms with E-state index in [4.69, 9.17) is 0 Å².